The maximum Gasteiger partial charge on any atom is 0.390 e. The molecule has 23 heavy (non-hydrogen) atoms. The molecule has 0 unspecified atom stereocenters. The van der Waals surface area contributed by atoms with Crippen molar-refractivity contribution in [2.75, 3.05) is 0 Å². The van der Waals surface area contributed by atoms with E-state index in [9.17, 15) is 9.59 Å². The van der Waals surface area contributed by atoms with Gasteiger partial charge in [0.1, 0.15) is 11.0 Å². The summed E-state index contributed by atoms with van der Waals surface area (Å²) in [5.74, 6) is 0.526. The van der Waals surface area contributed by atoms with Gasteiger partial charge < -0.3 is 12.4 Å². The molecule has 0 saturated carbocycles. The Kier molecular flexibility index (Phi) is 3.98. The number of nitrogens with one attached hydrogen (secondary N) is 1. The second kappa shape index (κ2) is 5.95. The monoisotopic (exact) mass is 342 g/mol. The maximum absolute atomic E-state index is 11.7. The number of H-pyrrole nitrogens is 1. The molecule has 2 heterocycles. The van der Waals surface area contributed by atoms with Crippen LogP contribution in [0, 0.1) is 0 Å². The first-order chi connectivity index (χ1) is 10.8. The summed E-state index contributed by atoms with van der Waals surface area (Å²) < 4.78 is 1.94. The van der Waals surface area contributed by atoms with Gasteiger partial charge in [-0.25, -0.2) is 4.79 Å². The number of aromatic amines is 1. The summed E-state index contributed by atoms with van der Waals surface area (Å²) in [5.41, 5.74) is 1.89. The van der Waals surface area contributed by atoms with Gasteiger partial charge in [-0.1, -0.05) is 36.4 Å². The van der Waals surface area contributed by atoms with Gasteiger partial charge in [0.05, 0.1) is 0 Å². The van der Waals surface area contributed by atoms with Crippen LogP contribution in [0.3, 0.4) is 0 Å². The predicted molar refractivity (Wildman–Crippen MR) is 86.9 cm³/mol. The van der Waals surface area contributed by atoms with E-state index in [-0.39, 0.29) is 17.3 Å². The minimum atomic E-state index is -0.235. The van der Waals surface area contributed by atoms with E-state index in [1.807, 2.05) is 53.1 Å². The molecule has 0 radical (unpaired) electrons. The average Bonchev–Trinajstić information content (AvgIpc) is 2.93. The molecule has 2 aromatic heterocycles. The highest BCUT2D eigenvalue weighted by atomic mass is 35.5. The number of carbonyl (C=O) groups is 1. The molecule has 114 valence electrons. The van der Waals surface area contributed by atoms with Crippen LogP contribution in [0.25, 0.3) is 27.6 Å². The third-order valence-corrected chi connectivity index (χ3v) is 4.45. The number of para-hydroxylation sites is 2. The average molecular weight is 343 g/mol. The molecule has 1 N–H and O–H groups in total. The molecule has 0 bridgehead atoms. The van der Waals surface area contributed by atoms with Gasteiger partial charge >= 0.3 is 10.7 Å². The lowest BCUT2D eigenvalue weighted by molar-refractivity contribution is -0.542. The quantitative estimate of drug-likeness (QED) is 0.312. The Bertz CT molecular complexity index is 1030. The van der Waals surface area contributed by atoms with Crippen molar-refractivity contribution in [1.29, 1.82) is 0 Å². The van der Waals surface area contributed by atoms with Crippen molar-refractivity contribution in [2.45, 2.75) is 0 Å². The Labute approximate surface area is 141 Å². The van der Waals surface area contributed by atoms with Crippen molar-refractivity contribution in [3.8, 4) is 5.82 Å². The van der Waals surface area contributed by atoms with Crippen LogP contribution in [0.4, 0.5) is 0 Å². The second-order valence-corrected chi connectivity index (χ2v) is 5.96. The van der Waals surface area contributed by atoms with Gasteiger partial charge in [-0.05, 0) is 29.5 Å². The number of hydrogen-bond donors (Lipinski definition) is 1. The number of thiazole rings is 1. The van der Waals surface area contributed by atoms with Crippen LogP contribution in [-0.4, -0.2) is 11.3 Å². The van der Waals surface area contributed by atoms with E-state index < -0.39 is 0 Å². The highest BCUT2D eigenvalue weighted by molar-refractivity contribution is 7.11. The molecule has 6 heteroatoms. The SMILES string of the molecule is O=Cc1sc(=O)[nH]c1-[n+]1c2ccccc2cc2ccccc21.[Cl-]. The zero-order valence-corrected chi connectivity index (χ0v) is 13.4. The Hall–Kier alpha value is -2.50. The van der Waals surface area contributed by atoms with Crippen LogP contribution in [0.2, 0.25) is 0 Å². The maximum atomic E-state index is 11.7. The number of nitrogens with zero attached hydrogens (tertiary/aromatic N) is 1. The molecule has 2 aromatic carbocycles. The first kappa shape index (κ1) is 15.4. The zero-order chi connectivity index (χ0) is 15.1. The molecule has 0 aliphatic heterocycles. The smallest absolute Gasteiger partial charge is 0.390 e. The summed E-state index contributed by atoms with van der Waals surface area (Å²) in [4.78, 5) is 26.0. The number of aldehydes is 1. The van der Waals surface area contributed by atoms with Crippen LogP contribution in [-0.2, 0) is 0 Å². The normalized spacial score (nSPS) is 10.6. The Morgan fingerprint density at radius 3 is 2.09 bits per heavy atom. The van der Waals surface area contributed by atoms with E-state index >= 15 is 0 Å². The van der Waals surface area contributed by atoms with Crippen LogP contribution in [0.15, 0.2) is 59.4 Å². The molecular formula is C17H11ClN2O2S. The van der Waals surface area contributed by atoms with Crippen molar-refractivity contribution in [3.05, 3.63) is 69.1 Å². The van der Waals surface area contributed by atoms with E-state index in [0.717, 1.165) is 39.4 Å². The van der Waals surface area contributed by atoms with Crippen LogP contribution < -0.4 is 21.8 Å². The molecule has 4 aromatic rings. The number of carbonyl (C=O) groups excluding carboxylic acids is 1. The van der Waals surface area contributed by atoms with Crippen LogP contribution in [0.5, 0.6) is 0 Å². The predicted octanol–water partition coefficient (Wildman–Crippen LogP) is -0.164. The molecule has 0 saturated heterocycles. The summed E-state index contributed by atoms with van der Waals surface area (Å²) in [6.07, 6.45) is 0.724. The number of pyridine rings is 1. The van der Waals surface area contributed by atoms with Gasteiger partial charge in [-0.2, -0.15) is 9.55 Å². The zero-order valence-electron chi connectivity index (χ0n) is 11.8. The number of rotatable bonds is 2. The van der Waals surface area contributed by atoms with E-state index in [0.29, 0.717) is 10.7 Å². The van der Waals surface area contributed by atoms with Gasteiger partial charge in [0, 0.05) is 10.8 Å². The number of halogens is 1. The summed E-state index contributed by atoms with van der Waals surface area (Å²) in [7, 11) is 0. The molecule has 4 nitrogen and oxygen atoms in total. The summed E-state index contributed by atoms with van der Waals surface area (Å²) >= 11 is 0.926. The lowest BCUT2D eigenvalue weighted by Crippen LogP contribution is -3.00. The fourth-order valence-corrected chi connectivity index (χ4v) is 3.38. The molecule has 0 fully saturated rings. The number of aromatic nitrogens is 2. The number of benzene rings is 2. The van der Waals surface area contributed by atoms with Gasteiger partial charge in [-0.3, -0.25) is 4.79 Å². The Morgan fingerprint density at radius 1 is 0.957 bits per heavy atom. The van der Waals surface area contributed by atoms with Gasteiger partial charge in [0.15, 0.2) is 11.2 Å². The molecule has 0 atom stereocenters. The standard InChI is InChI=1S/C17H10N2O2S.ClH/c20-10-15-16(18-17(21)22-15)19-13-7-3-1-5-11(13)9-12-6-2-4-8-14(12)19;/h1-10H;1H. The second-order valence-electron chi connectivity index (χ2n) is 4.94. The fraction of sp³-hybridized carbons (Fsp3) is 0. The molecule has 0 aliphatic rings. The fourth-order valence-electron chi connectivity index (χ4n) is 2.74. The summed E-state index contributed by atoms with van der Waals surface area (Å²) in [6, 6.07) is 17.9. The Balaban J connectivity index is 0.00000156. The largest absolute Gasteiger partial charge is 1.00 e. The van der Waals surface area contributed by atoms with E-state index in [2.05, 4.69) is 11.1 Å². The van der Waals surface area contributed by atoms with E-state index in [4.69, 9.17) is 0 Å². The van der Waals surface area contributed by atoms with Crippen LogP contribution in [0.1, 0.15) is 9.67 Å². The lowest BCUT2D eigenvalue weighted by atomic mass is 10.1. The molecule has 4 rings (SSSR count). The molecule has 0 aliphatic carbocycles. The first-order valence-corrected chi connectivity index (χ1v) is 7.61. The topological polar surface area (TPSA) is 53.8 Å². The van der Waals surface area contributed by atoms with E-state index in [1.165, 1.54) is 0 Å². The van der Waals surface area contributed by atoms with Gasteiger partial charge in [-0.15, -0.1) is 0 Å². The van der Waals surface area contributed by atoms with Crippen molar-refractivity contribution in [2.24, 2.45) is 0 Å². The first-order valence-electron chi connectivity index (χ1n) is 6.79. The highest BCUT2D eigenvalue weighted by Gasteiger charge is 2.22. The minimum absolute atomic E-state index is 0. The van der Waals surface area contributed by atoms with Crippen molar-refractivity contribution in [3.63, 3.8) is 0 Å². The number of hydrogen-bond acceptors (Lipinski definition) is 3. The third kappa shape index (κ3) is 2.44. The third-order valence-electron chi connectivity index (χ3n) is 3.65. The minimum Gasteiger partial charge on any atom is -1.00 e. The van der Waals surface area contributed by atoms with E-state index in [1.54, 1.807) is 0 Å². The van der Waals surface area contributed by atoms with Gasteiger partial charge in [0.2, 0.25) is 0 Å². The molecular weight excluding hydrogens is 332 g/mol. The lowest BCUT2D eigenvalue weighted by Gasteiger charge is -2.07. The van der Waals surface area contributed by atoms with Crippen molar-refractivity contribution >= 4 is 39.4 Å². The molecule has 0 amide bonds. The van der Waals surface area contributed by atoms with Gasteiger partial charge in [0.25, 0.3) is 0 Å². The summed E-state index contributed by atoms with van der Waals surface area (Å²) in [6.45, 7) is 0. The van der Waals surface area contributed by atoms with Crippen LogP contribution >= 0.6 is 11.3 Å². The Morgan fingerprint density at radius 2 is 1.52 bits per heavy atom. The molecule has 0 spiro atoms. The summed E-state index contributed by atoms with van der Waals surface area (Å²) in [5, 5.41) is 2.09. The van der Waals surface area contributed by atoms with Crippen molar-refractivity contribution in [1.82, 2.24) is 4.98 Å². The number of fused-ring (bicyclic) bond motifs is 2. The van der Waals surface area contributed by atoms with Crippen molar-refractivity contribution < 1.29 is 21.8 Å². The highest BCUT2D eigenvalue weighted by Crippen LogP contribution is 2.20.